The number of benzene rings is 2. The summed E-state index contributed by atoms with van der Waals surface area (Å²) in [6.45, 7) is 4.61. The van der Waals surface area contributed by atoms with Gasteiger partial charge < -0.3 is 4.74 Å². The van der Waals surface area contributed by atoms with Crippen molar-refractivity contribution in [3.05, 3.63) is 59.1 Å². The number of thioether (sulfide) groups is 1. The van der Waals surface area contributed by atoms with Gasteiger partial charge in [0.05, 0.1) is 6.61 Å². The zero-order valence-electron chi connectivity index (χ0n) is 13.4. The minimum Gasteiger partial charge on any atom is -0.492 e. The molecular weight excluding hydrogens is 344 g/mol. The number of hydrogen-bond acceptors (Lipinski definition) is 5. The lowest BCUT2D eigenvalue weighted by Crippen LogP contribution is -2.04. The van der Waals surface area contributed by atoms with E-state index in [0.717, 1.165) is 22.0 Å². The molecule has 0 amide bonds. The number of aromatic nitrogens is 4. The third-order valence-corrected chi connectivity index (χ3v) is 4.88. The zero-order chi connectivity index (χ0) is 16.9. The smallest absolute Gasteiger partial charge is 0.214 e. The van der Waals surface area contributed by atoms with E-state index in [1.54, 1.807) is 16.4 Å². The predicted molar refractivity (Wildman–Crippen MR) is 96.0 cm³/mol. The second-order valence-electron chi connectivity index (χ2n) is 5.06. The fraction of sp³-hybridized carbons (Fsp3) is 0.235. The molecule has 7 heteroatoms. The first-order valence-corrected chi connectivity index (χ1v) is 8.88. The lowest BCUT2D eigenvalue weighted by molar-refractivity contribution is 0.337. The molecule has 0 saturated heterocycles. The Morgan fingerprint density at radius 2 is 1.92 bits per heavy atom. The first-order valence-electron chi connectivity index (χ1n) is 7.62. The van der Waals surface area contributed by atoms with Crippen LogP contribution in [-0.4, -0.2) is 26.8 Å². The van der Waals surface area contributed by atoms with E-state index in [4.69, 9.17) is 16.3 Å². The molecule has 0 radical (unpaired) electrons. The summed E-state index contributed by atoms with van der Waals surface area (Å²) in [5.41, 5.74) is 1.87. The van der Waals surface area contributed by atoms with Gasteiger partial charge in [-0.2, -0.15) is 4.68 Å². The van der Waals surface area contributed by atoms with Gasteiger partial charge in [-0.25, -0.2) is 0 Å². The monoisotopic (exact) mass is 360 g/mol. The molecule has 124 valence electrons. The van der Waals surface area contributed by atoms with E-state index in [0.29, 0.717) is 11.8 Å². The Hall–Kier alpha value is -2.05. The van der Waals surface area contributed by atoms with Crippen LogP contribution in [0.4, 0.5) is 0 Å². The summed E-state index contributed by atoms with van der Waals surface area (Å²) in [6.07, 6.45) is 0. The Morgan fingerprint density at radius 3 is 2.71 bits per heavy atom. The topological polar surface area (TPSA) is 52.8 Å². The molecule has 0 spiro atoms. The van der Waals surface area contributed by atoms with E-state index in [9.17, 15) is 0 Å². The third-order valence-electron chi connectivity index (χ3n) is 3.46. The molecule has 0 saturated carbocycles. The van der Waals surface area contributed by atoms with Crippen molar-refractivity contribution >= 4 is 23.4 Å². The van der Waals surface area contributed by atoms with E-state index in [-0.39, 0.29) is 5.25 Å². The van der Waals surface area contributed by atoms with Crippen LogP contribution in [0.2, 0.25) is 5.02 Å². The van der Waals surface area contributed by atoms with Gasteiger partial charge in [-0.3, -0.25) is 0 Å². The van der Waals surface area contributed by atoms with E-state index < -0.39 is 0 Å². The Bertz CT molecular complexity index is 824. The maximum absolute atomic E-state index is 6.29. The SMILES string of the molecule is CCOc1ccccc1-n1nnnc1SC(C)c1ccccc1Cl. The van der Waals surface area contributed by atoms with Crippen molar-refractivity contribution in [3.63, 3.8) is 0 Å². The minimum absolute atomic E-state index is 0.114. The molecule has 0 N–H and O–H groups in total. The zero-order valence-corrected chi connectivity index (χ0v) is 15.0. The van der Waals surface area contributed by atoms with Crippen molar-refractivity contribution in [1.29, 1.82) is 0 Å². The average molecular weight is 361 g/mol. The van der Waals surface area contributed by atoms with Gasteiger partial charge in [0, 0.05) is 10.3 Å². The maximum Gasteiger partial charge on any atom is 0.214 e. The first kappa shape index (κ1) is 16.8. The van der Waals surface area contributed by atoms with E-state index in [2.05, 4.69) is 22.4 Å². The molecule has 1 aromatic heterocycles. The quantitative estimate of drug-likeness (QED) is 0.603. The summed E-state index contributed by atoms with van der Waals surface area (Å²) in [7, 11) is 0. The van der Waals surface area contributed by atoms with Crippen molar-refractivity contribution in [2.24, 2.45) is 0 Å². The molecule has 5 nitrogen and oxygen atoms in total. The molecule has 0 aliphatic heterocycles. The summed E-state index contributed by atoms with van der Waals surface area (Å²) in [6, 6.07) is 15.5. The summed E-state index contributed by atoms with van der Waals surface area (Å²) in [5, 5.41) is 13.6. The fourth-order valence-electron chi connectivity index (χ4n) is 2.34. The summed E-state index contributed by atoms with van der Waals surface area (Å²) >= 11 is 7.84. The molecule has 1 atom stereocenters. The number of nitrogens with zero attached hydrogens (tertiary/aromatic N) is 4. The molecule has 0 bridgehead atoms. The highest BCUT2D eigenvalue weighted by Gasteiger charge is 2.18. The number of para-hydroxylation sites is 2. The van der Waals surface area contributed by atoms with Crippen LogP contribution in [0.3, 0.4) is 0 Å². The van der Waals surface area contributed by atoms with Crippen LogP contribution in [0.1, 0.15) is 24.7 Å². The molecule has 1 heterocycles. The standard InChI is InChI=1S/C17H17ClN4OS/c1-3-23-16-11-7-6-10-15(16)22-17(19-20-21-22)24-12(2)13-8-4-5-9-14(13)18/h4-12H,3H2,1-2H3. The Morgan fingerprint density at radius 1 is 1.17 bits per heavy atom. The molecule has 3 aromatic rings. The van der Waals surface area contributed by atoms with Gasteiger partial charge in [0.25, 0.3) is 0 Å². The Kier molecular flexibility index (Phi) is 5.37. The number of hydrogen-bond donors (Lipinski definition) is 0. The van der Waals surface area contributed by atoms with E-state index in [1.165, 1.54) is 0 Å². The van der Waals surface area contributed by atoms with Gasteiger partial charge in [-0.15, -0.1) is 5.10 Å². The number of tetrazole rings is 1. The first-order chi connectivity index (χ1) is 11.7. The van der Waals surface area contributed by atoms with Gasteiger partial charge >= 0.3 is 0 Å². The molecule has 0 aliphatic rings. The van der Waals surface area contributed by atoms with Crippen LogP contribution in [0.25, 0.3) is 5.69 Å². The van der Waals surface area contributed by atoms with Crippen LogP contribution in [-0.2, 0) is 0 Å². The lowest BCUT2D eigenvalue weighted by Gasteiger charge is -2.14. The van der Waals surface area contributed by atoms with Crippen LogP contribution >= 0.6 is 23.4 Å². The van der Waals surface area contributed by atoms with Gasteiger partial charge in [-0.1, -0.05) is 53.7 Å². The maximum atomic E-state index is 6.29. The number of halogens is 1. The summed E-state index contributed by atoms with van der Waals surface area (Å²) in [4.78, 5) is 0. The minimum atomic E-state index is 0.114. The summed E-state index contributed by atoms with van der Waals surface area (Å²) < 4.78 is 7.38. The Balaban J connectivity index is 1.90. The molecule has 2 aromatic carbocycles. The second kappa shape index (κ2) is 7.68. The Labute approximate surface area is 150 Å². The van der Waals surface area contributed by atoms with Gasteiger partial charge in [0.15, 0.2) is 0 Å². The van der Waals surface area contributed by atoms with Gasteiger partial charge in [0.2, 0.25) is 5.16 Å². The van der Waals surface area contributed by atoms with Crippen molar-refractivity contribution in [1.82, 2.24) is 20.2 Å². The molecule has 24 heavy (non-hydrogen) atoms. The number of rotatable bonds is 6. The number of ether oxygens (including phenoxy) is 1. The van der Waals surface area contributed by atoms with Gasteiger partial charge in [-0.05, 0) is 48.0 Å². The highest BCUT2D eigenvalue weighted by atomic mass is 35.5. The third kappa shape index (κ3) is 3.55. The molecule has 0 aliphatic carbocycles. The fourth-order valence-corrected chi connectivity index (χ4v) is 3.67. The van der Waals surface area contributed by atoms with Crippen molar-refractivity contribution < 1.29 is 4.74 Å². The van der Waals surface area contributed by atoms with E-state index in [1.807, 2.05) is 55.5 Å². The molecule has 3 rings (SSSR count). The van der Waals surface area contributed by atoms with Gasteiger partial charge in [0.1, 0.15) is 11.4 Å². The molecule has 0 fully saturated rings. The largest absolute Gasteiger partial charge is 0.492 e. The van der Waals surface area contributed by atoms with E-state index >= 15 is 0 Å². The molecule has 1 unspecified atom stereocenters. The van der Waals surface area contributed by atoms with Crippen molar-refractivity contribution in [3.8, 4) is 11.4 Å². The van der Waals surface area contributed by atoms with Crippen LogP contribution in [0.15, 0.2) is 53.7 Å². The van der Waals surface area contributed by atoms with Crippen LogP contribution in [0, 0.1) is 0 Å². The predicted octanol–water partition coefficient (Wildman–Crippen LogP) is 4.57. The highest BCUT2D eigenvalue weighted by molar-refractivity contribution is 7.99. The van der Waals surface area contributed by atoms with Crippen molar-refractivity contribution in [2.75, 3.05) is 6.61 Å². The highest BCUT2D eigenvalue weighted by Crippen LogP contribution is 2.38. The normalized spacial score (nSPS) is 12.1. The van der Waals surface area contributed by atoms with Crippen LogP contribution in [0.5, 0.6) is 5.75 Å². The van der Waals surface area contributed by atoms with Crippen molar-refractivity contribution in [2.45, 2.75) is 24.3 Å². The summed E-state index contributed by atoms with van der Waals surface area (Å²) in [5.74, 6) is 0.750. The lowest BCUT2D eigenvalue weighted by atomic mass is 10.2. The second-order valence-corrected chi connectivity index (χ2v) is 6.77. The average Bonchev–Trinajstić information content (AvgIpc) is 3.04. The van der Waals surface area contributed by atoms with Crippen LogP contribution < -0.4 is 4.74 Å². The molecular formula is C17H17ClN4OS.